The number of amides is 1. The van der Waals surface area contributed by atoms with Gasteiger partial charge in [0.2, 0.25) is 0 Å². The number of hydrogen-bond acceptors (Lipinski definition) is 6. The molecule has 0 heterocycles. The first-order valence-corrected chi connectivity index (χ1v) is 11.6. The highest BCUT2D eigenvalue weighted by Gasteiger charge is 2.18. The number of nitro groups is 1. The fourth-order valence-electron chi connectivity index (χ4n) is 3.05. The highest BCUT2D eigenvalue weighted by atomic mass is 32.2. The number of anilines is 1. The van der Waals surface area contributed by atoms with Gasteiger partial charge in [-0.15, -0.1) is 0 Å². The Balaban J connectivity index is 1.66. The minimum atomic E-state index is -4.03. The zero-order valence-corrected chi connectivity index (χ0v) is 18.8. The molecule has 172 valence electrons. The maximum atomic E-state index is 12.6. The van der Waals surface area contributed by atoms with E-state index in [1.54, 1.807) is 0 Å². The van der Waals surface area contributed by atoms with Crippen LogP contribution in [0, 0.1) is 10.1 Å². The summed E-state index contributed by atoms with van der Waals surface area (Å²) in [5, 5.41) is 13.8. The fraction of sp³-hybridized carbons (Fsp3) is 0.174. The van der Waals surface area contributed by atoms with Crippen LogP contribution in [0.3, 0.4) is 0 Å². The van der Waals surface area contributed by atoms with E-state index in [4.69, 9.17) is 4.74 Å². The van der Waals surface area contributed by atoms with E-state index in [9.17, 15) is 23.3 Å². The van der Waals surface area contributed by atoms with Crippen LogP contribution in [0.4, 0.5) is 11.4 Å². The lowest BCUT2D eigenvalue weighted by molar-refractivity contribution is -0.385. The van der Waals surface area contributed by atoms with Crippen molar-refractivity contribution >= 4 is 27.3 Å². The lowest BCUT2D eigenvalue weighted by Crippen LogP contribution is -2.26. The summed E-state index contributed by atoms with van der Waals surface area (Å²) in [6, 6.07) is 17.8. The molecule has 0 spiro atoms. The first-order valence-electron chi connectivity index (χ1n) is 10.1. The molecule has 0 aromatic heterocycles. The molecule has 0 fully saturated rings. The fourth-order valence-corrected chi connectivity index (χ4v) is 4.15. The van der Waals surface area contributed by atoms with Crippen LogP contribution in [0.25, 0.3) is 0 Å². The summed E-state index contributed by atoms with van der Waals surface area (Å²) in [7, 11) is -4.03. The van der Waals surface area contributed by atoms with Crippen LogP contribution < -0.4 is 14.8 Å². The number of benzene rings is 3. The third-order valence-electron chi connectivity index (χ3n) is 4.78. The average molecular weight is 470 g/mol. The Morgan fingerprint density at radius 3 is 2.33 bits per heavy atom. The maximum Gasteiger partial charge on any atom is 0.270 e. The molecule has 0 radical (unpaired) electrons. The molecule has 0 aliphatic heterocycles. The third kappa shape index (κ3) is 6.07. The third-order valence-corrected chi connectivity index (χ3v) is 6.16. The van der Waals surface area contributed by atoms with Crippen LogP contribution in [-0.2, 0) is 10.0 Å². The zero-order chi connectivity index (χ0) is 24.0. The van der Waals surface area contributed by atoms with E-state index in [0.29, 0.717) is 12.2 Å². The first-order chi connectivity index (χ1) is 15.7. The summed E-state index contributed by atoms with van der Waals surface area (Å²) < 4.78 is 32.9. The van der Waals surface area contributed by atoms with Gasteiger partial charge in [0.1, 0.15) is 5.75 Å². The molecule has 3 aromatic rings. The molecule has 33 heavy (non-hydrogen) atoms. The zero-order valence-electron chi connectivity index (χ0n) is 18.0. The van der Waals surface area contributed by atoms with Gasteiger partial charge in [-0.25, -0.2) is 8.42 Å². The number of rotatable bonds is 9. The number of nitrogens with zero attached hydrogens (tertiary/aromatic N) is 1. The number of ether oxygens (including phenoxy) is 1. The van der Waals surface area contributed by atoms with Gasteiger partial charge in [-0.1, -0.05) is 18.2 Å². The van der Waals surface area contributed by atoms with Crippen LogP contribution in [-0.4, -0.2) is 25.9 Å². The second-order valence-electron chi connectivity index (χ2n) is 7.13. The Morgan fingerprint density at radius 1 is 1.06 bits per heavy atom. The van der Waals surface area contributed by atoms with E-state index in [2.05, 4.69) is 10.0 Å². The Bertz CT molecular complexity index is 1240. The van der Waals surface area contributed by atoms with Crippen LogP contribution in [0.15, 0.2) is 77.7 Å². The smallest absolute Gasteiger partial charge is 0.270 e. The first kappa shape index (κ1) is 23.7. The number of carbonyl (C=O) groups excluding carboxylic acids is 1. The molecule has 0 aliphatic carbocycles. The number of sulfonamides is 1. The van der Waals surface area contributed by atoms with Crippen LogP contribution in [0.2, 0.25) is 0 Å². The molecule has 3 aromatic carbocycles. The summed E-state index contributed by atoms with van der Waals surface area (Å²) >= 11 is 0. The Labute approximate surface area is 191 Å². The van der Waals surface area contributed by atoms with Gasteiger partial charge < -0.3 is 10.1 Å². The molecular formula is C23H23N3O6S. The second-order valence-corrected chi connectivity index (χ2v) is 8.82. The molecule has 1 unspecified atom stereocenters. The monoisotopic (exact) mass is 469 g/mol. The second kappa shape index (κ2) is 10.1. The molecule has 9 nitrogen and oxygen atoms in total. The SMILES string of the molecule is CCOc1ccc(C(C)NC(=O)c2ccc(NS(=O)(=O)c3cccc([N+](=O)[O-])c3)cc2)cc1. The molecule has 0 aliphatic rings. The van der Waals surface area contributed by atoms with E-state index in [1.807, 2.05) is 38.1 Å². The number of carbonyl (C=O) groups is 1. The van der Waals surface area contributed by atoms with E-state index >= 15 is 0 Å². The van der Waals surface area contributed by atoms with Crippen molar-refractivity contribution in [1.29, 1.82) is 0 Å². The van der Waals surface area contributed by atoms with Crippen LogP contribution in [0.5, 0.6) is 5.75 Å². The highest BCUT2D eigenvalue weighted by molar-refractivity contribution is 7.92. The standard InChI is InChI=1S/C23H23N3O6S/c1-3-32-21-13-9-17(10-14-21)16(2)24-23(27)18-7-11-19(12-8-18)25-33(30,31)22-6-4-5-20(15-22)26(28)29/h4-16,25H,3H2,1-2H3,(H,24,27). The summed E-state index contributed by atoms with van der Waals surface area (Å²) in [5.41, 5.74) is 1.16. The Morgan fingerprint density at radius 2 is 1.73 bits per heavy atom. The predicted molar refractivity (Wildman–Crippen MR) is 124 cm³/mol. The quantitative estimate of drug-likeness (QED) is 0.356. The number of non-ortho nitro benzene ring substituents is 1. The van der Waals surface area contributed by atoms with Gasteiger partial charge in [0.15, 0.2) is 0 Å². The molecule has 0 saturated carbocycles. The van der Waals surface area contributed by atoms with Crippen LogP contribution in [0.1, 0.15) is 35.8 Å². The van der Waals surface area contributed by atoms with Crippen LogP contribution >= 0.6 is 0 Å². The molecule has 3 rings (SSSR count). The van der Waals surface area contributed by atoms with Gasteiger partial charge >= 0.3 is 0 Å². The van der Waals surface area contributed by atoms with Crippen molar-refractivity contribution in [2.75, 3.05) is 11.3 Å². The normalized spacial score (nSPS) is 11.9. The van der Waals surface area contributed by atoms with Crippen molar-refractivity contribution in [1.82, 2.24) is 5.32 Å². The predicted octanol–water partition coefficient (Wildman–Crippen LogP) is 4.29. The number of nitro benzene ring substituents is 1. The largest absolute Gasteiger partial charge is 0.494 e. The Hall–Kier alpha value is -3.92. The highest BCUT2D eigenvalue weighted by Crippen LogP contribution is 2.22. The van der Waals surface area contributed by atoms with Gasteiger partial charge in [0, 0.05) is 23.4 Å². The summed E-state index contributed by atoms with van der Waals surface area (Å²) in [6.07, 6.45) is 0. The van der Waals surface area contributed by atoms with Gasteiger partial charge in [-0.3, -0.25) is 19.6 Å². The van der Waals surface area contributed by atoms with Crippen molar-refractivity contribution in [3.05, 3.63) is 94.0 Å². The van der Waals surface area contributed by atoms with Crippen molar-refractivity contribution in [3.63, 3.8) is 0 Å². The lowest BCUT2D eigenvalue weighted by Gasteiger charge is -2.15. The summed E-state index contributed by atoms with van der Waals surface area (Å²) in [4.78, 5) is 22.6. The molecule has 1 amide bonds. The van der Waals surface area contributed by atoms with E-state index in [-0.39, 0.29) is 28.2 Å². The van der Waals surface area contributed by atoms with Crippen molar-refractivity contribution in [2.24, 2.45) is 0 Å². The van der Waals surface area contributed by atoms with Crippen molar-refractivity contribution < 1.29 is 22.9 Å². The minimum Gasteiger partial charge on any atom is -0.494 e. The average Bonchev–Trinajstić information content (AvgIpc) is 2.80. The summed E-state index contributed by atoms with van der Waals surface area (Å²) in [6.45, 7) is 4.33. The molecule has 0 saturated heterocycles. The van der Waals surface area contributed by atoms with E-state index in [0.717, 1.165) is 17.4 Å². The molecule has 10 heteroatoms. The maximum absolute atomic E-state index is 12.6. The number of nitrogens with one attached hydrogen (secondary N) is 2. The number of hydrogen-bond donors (Lipinski definition) is 2. The van der Waals surface area contributed by atoms with Gasteiger partial charge in [-0.2, -0.15) is 0 Å². The van der Waals surface area contributed by atoms with Crippen molar-refractivity contribution in [3.8, 4) is 5.75 Å². The van der Waals surface area contributed by atoms with Gasteiger partial charge in [0.25, 0.3) is 21.6 Å². The minimum absolute atomic E-state index is 0.220. The van der Waals surface area contributed by atoms with Gasteiger partial charge in [-0.05, 0) is 61.9 Å². The Kier molecular flexibility index (Phi) is 7.29. The van der Waals surface area contributed by atoms with Crippen molar-refractivity contribution in [2.45, 2.75) is 24.8 Å². The van der Waals surface area contributed by atoms with E-state index < -0.39 is 14.9 Å². The topological polar surface area (TPSA) is 128 Å². The van der Waals surface area contributed by atoms with E-state index in [1.165, 1.54) is 42.5 Å². The van der Waals surface area contributed by atoms with Gasteiger partial charge in [0.05, 0.1) is 22.5 Å². The lowest BCUT2D eigenvalue weighted by atomic mass is 10.1. The molecule has 2 N–H and O–H groups in total. The molecule has 0 bridgehead atoms. The molecule has 1 atom stereocenters. The molecular weight excluding hydrogens is 446 g/mol. The summed E-state index contributed by atoms with van der Waals surface area (Å²) in [5.74, 6) is 0.437.